The first-order chi connectivity index (χ1) is 9.60. The Hall–Kier alpha value is -1.70. The van der Waals surface area contributed by atoms with Crippen LogP contribution in [0.1, 0.15) is 29.7 Å². The molecule has 102 valence electrons. The molecule has 2 rings (SSSR count). The summed E-state index contributed by atoms with van der Waals surface area (Å²) in [5.41, 5.74) is 2.03. The first kappa shape index (κ1) is 14.7. The molecule has 20 heavy (non-hydrogen) atoms. The molecule has 2 aromatic carbocycles. The molecule has 0 saturated heterocycles. The number of benzene rings is 2. The highest BCUT2D eigenvalue weighted by Gasteiger charge is 2.08. The normalized spacial score (nSPS) is 11.9. The van der Waals surface area contributed by atoms with Crippen LogP contribution in [0, 0.1) is 17.1 Å². The van der Waals surface area contributed by atoms with Crippen LogP contribution in [0.5, 0.6) is 0 Å². The number of rotatable bonds is 4. The first-order valence-electron chi connectivity index (χ1n) is 6.27. The maximum Gasteiger partial charge on any atom is 0.129 e. The molecule has 4 heteroatoms. The fourth-order valence-corrected chi connectivity index (χ4v) is 2.33. The molecule has 0 saturated carbocycles. The molecular weight excluding hydrogens is 319 g/mol. The zero-order chi connectivity index (χ0) is 14.5. The van der Waals surface area contributed by atoms with E-state index in [0.717, 1.165) is 10.0 Å². The van der Waals surface area contributed by atoms with Crippen molar-refractivity contribution in [1.29, 1.82) is 5.26 Å². The fourth-order valence-electron chi connectivity index (χ4n) is 1.92. The van der Waals surface area contributed by atoms with Gasteiger partial charge in [0.2, 0.25) is 0 Å². The quantitative estimate of drug-likeness (QED) is 0.905. The van der Waals surface area contributed by atoms with Crippen LogP contribution in [0.15, 0.2) is 46.9 Å². The van der Waals surface area contributed by atoms with Crippen LogP contribution in [-0.4, -0.2) is 0 Å². The lowest BCUT2D eigenvalue weighted by Gasteiger charge is -2.15. The number of halogens is 2. The number of nitriles is 1. The Kier molecular flexibility index (Phi) is 4.89. The summed E-state index contributed by atoms with van der Waals surface area (Å²) >= 11 is 3.44. The smallest absolute Gasteiger partial charge is 0.129 e. The zero-order valence-corrected chi connectivity index (χ0v) is 12.6. The molecule has 0 amide bonds. The van der Waals surface area contributed by atoms with E-state index in [1.807, 2.05) is 37.3 Å². The summed E-state index contributed by atoms with van der Waals surface area (Å²) in [6, 6.07) is 14.6. The Morgan fingerprint density at radius 2 is 2.10 bits per heavy atom. The van der Waals surface area contributed by atoms with Crippen LogP contribution >= 0.6 is 15.9 Å². The third-order valence-corrected chi connectivity index (χ3v) is 3.62. The average molecular weight is 333 g/mol. The Bertz CT molecular complexity index is 649. The van der Waals surface area contributed by atoms with Gasteiger partial charge in [-0.15, -0.1) is 0 Å². The van der Waals surface area contributed by atoms with E-state index in [0.29, 0.717) is 17.7 Å². The second-order valence-electron chi connectivity index (χ2n) is 4.58. The standard InChI is InChI=1S/C16H14BrFN2/c1-11(13-3-2-4-15(17)8-13)20-10-14-6-5-12(9-19)7-16(14)18/h2-8,11,20H,10H2,1H3. The Morgan fingerprint density at radius 1 is 1.30 bits per heavy atom. The second-order valence-corrected chi connectivity index (χ2v) is 5.49. The maximum atomic E-state index is 13.8. The molecule has 0 aliphatic heterocycles. The molecule has 0 bridgehead atoms. The van der Waals surface area contributed by atoms with E-state index in [4.69, 9.17) is 5.26 Å². The summed E-state index contributed by atoms with van der Waals surface area (Å²) in [5, 5.41) is 12.0. The summed E-state index contributed by atoms with van der Waals surface area (Å²) in [6.07, 6.45) is 0. The van der Waals surface area contributed by atoms with Crippen molar-refractivity contribution in [3.63, 3.8) is 0 Å². The van der Waals surface area contributed by atoms with Crippen molar-refractivity contribution in [2.24, 2.45) is 0 Å². The highest BCUT2D eigenvalue weighted by Crippen LogP contribution is 2.19. The van der Waals surface area contributed by atoms with Crippen molar-refractivity contribution >= 4 is 15.9 Å². The third kappa shape index (κ3) is 3.66. The van der Waals surface area contributed by atoms with Crippen LogP contribution in [0.2, 0.25) is 0 Å². The van der Waals surface area contributed by atoms with Gasteiger partial charge in [-0.3, -0.25) is 0 Å². The van der Waals surface area contributed by atoms with Gasteiger partial charge in [-0.2, -0.15) is 5.26 Å². The fraction of sp³-hybridized carbons (Fsp3) is 0.188. The highest BCUT2D eigenvalue weighted by molar-refractivity contribution is 9.10. The van der Waals surface area contributed by atoms with E-state index < -0.39 is 0 Å². The Labute approximate surface area is 126 Å². The molecule has 2 nitrogen and oxygen atoms in total. The van der Waals surface area contributed by atoms with Crippen molar-refractivity contribution in [3.05, 3.63) is 69.4 Å². The minimum atomic E-state index is -0.349. The van der Waals surface area contributed by atoms with Crippen molar-refractivity contribution in [3.8, 4) is 6.07 Å². The topological polar surface area (TPSA) is 35.8 Å². The van der Waals surface area contributed by atoms with Crippen molar-refractivity contribution in [2.75, 3.05) is 0 Å². The van der Waals surface area contributed by atoms with E-state index >= 15 is 0 Å². The summed E-state index contributed by atoms with van der Waals surface area (Å²) < 4.78 is 14.8. The van der Waals surface area contributed by atoms with E-state index in [1.54, 1.807) is 12.1 Å². The van der Waals surface area contributed by atoms with Gasteiger partial charge in [-0.1, -0.05) is 34.1 Å². The lowest BCUT2D eigenvalue weighted by atomic mass is 10.1. The average Bonchev–Trinajstić information content (AvgIpc) is 2.45. The van der Waals surface area contributed by atoms with Gasteiger partial charge in [-0.25, -0.2) is 4.39 Å². The Balaban J connectivity index is 2.04. The van der Waals surface area contributed by atoms with Crippen LogP contribution in [0.4, 0.5) is 4.39 Å². The third-order valence-electron chi connectivity index (χ3n) is 3.13. The number of hydrogen-bond donors (Lipinski definition) is 1. The SMILES string of the molecule is CC(NCc1ccc(C#N)cc1F)c1cccc(Br)c1. The van der Waals surface area contributed by atoms with Crippen molar-refractivity contribution < 1.29 is 4.39 Å². The summed E-state index contributed by atoms with van der Waals surface area (Å²) in [6.45, 7) is 2.45. The highest BCUT2D eigenvalue weighted by atomic mass is 79.9. The zero-order valence-electron chi connectivity index (χ0n) is 11.0. The number of nitrogens with one attached hydrogen (secondary N) is 1. The van der Waals surface area contributed by atoms with Gasteiger partial charge >= 0.3 is 0 Å². The van der Waals surface area contributed by atoms with Crippen LogP contribution in [0.25, 0.3) is 0 Å². The summed E-state index contributed by atoms with van der Waals surface area (Å²) in [4.78, 5) is 0. The lowest BCUT2D eigenvalue weighted by molar-refractivity contribution is 0.544. The molecule has 1 N–H and O–H groups in total. The van der Waals surface area contributed by atoms with Gasteiger partial charge in [0.25, 0.3) is 0 Å². The molecule has 0 fully saturated rings. The van der Waals surface area contributed by atoms with Gasteiger partial charge in [-0.05, 0) is 36.8 Å². The molecule has 0 radical (unpaired) electrons. The van der Waals surface area contributed by atoms with Gasteiger partial charge in [0.1, 0.15) is 5.82 Å². The van der Waals surface area contributed by atoms with Crippen LogP contribution < -0.4 is 5.32 Å². The van der Waals surface area contributed by atoms with E-state index in [2.05, 4.69) is 21.2 Å². The predicted molar refractivity (Wildman–Crippen MR) is 80.5 cm³/mol. The van der Waals surface area contributed by atoms with E-state index in [1.165, 1.54) is 6.07 Å². The van der Waals surface area contributed by atoms with Gasteiger partial charge < -0.3 is 5.32 Å². The van der Waals surface area contributed by atoms with Crippen molar-refractivity contribution in [2.45, 2.75) is 19.5 Å². The first-order valence-corrected chi connectivity index (χ1v) is 7.07. The van der Waals surface area contributed by atoms with Gasteiger partial charge in [0, 0.05) is 22.6 Å². The number of nitrogens with zero attached hydrogens (tertiary/aromatic N) is 1. The minimum absolute atomic E-state index is 0.113. The van der Waals surface area contributed by atoms with Gasteiger partial charge in [0.05, 0.1) is 11.6 Å². The largest absolute Gasteiger partial charge is 0.306 e. The number of hydrogen-bond acceptors (Lipinski definition) is 2. The van der Waals surface area contributed by atoms with Gasteiger partial charge in [0.15, 0.2) is 0 Å². The summed E-state index contributed by atoms with van der Waals surface area (Å²) in [7, 11) is 0. The molecule has 0 spiro atoms. The molecular formula is C16H14BrFN2. The molecule has 1 unspecified atom stereocenters. The van der Waals surface area contributed by atoms with Crippen molar-refractivity contribution in [1.82, 2.24) is 5.32 Å². The Morgan fingerprint density at radius 3 is 2.75 bits per heavy atom. The maximum absolute atomic E-state index is 13.8. The molecule has 1 atom stereocenters. The molecule has 0 aromatic heterocycles. The molecule has 0 aliphatic carbocycles. The summed E-state index contributed by atoms with van der Waals surface area (Å²) in [5.74, 6) is -0.349. The van der Waals surface area contributed by atoms with E-state index in [9.17, 15) is 4.39 Å². The lowest BCUT2D eigenvalue weighted by Crippen LogP contribution is -2.18. The predicted octanol–water partition coefficient (Wildman–Crippen LogP) is 4.31. The van der Waals surface area contributed by atoms with Crippen LogP contribution in [-0.2, 0) is 6.54 Å². The van der Waals surface area contributed by atoms with E-state index in [-0.39, 0.29) is 11.9 Å². The molecule has 2 aromatic rings. The second kappa shape index (κ2) is 6.65. The monoisotopic (exact) mass is 332 g/mol. The molecule has 0 aliphatic rings. The molecule has 0 heterocycles. The van der Waals surface area contributed by atoms with Crippen LogP contribution in [0.3, 0.4) is 0 Å². The minimum Gasteiger partial charge on any atom is -0.306 e.